The molecule has 0 aromatic carbocycles. The van der Waals surface area contributed by atoms with Crippen molar-refractivity contribution in [2.75, 3.05) is 0 Å². The minimum Gasteiger partial charge on any atom is -0.235 e. The first-order valence-electron chi connectivity index (χ1n) is 5.07. The van der Waals surface area contributed by atoms with Crippen molar-refractivity contribution in [1.82, 2.24) is 24.4 Å². The Morgan fingerprint density at radius 2 is 2.00 bits per heavy atom. The van der Waals surface area contributed by atoms with Gasteiger partial charge in [0.1, 0.15) is 5.69 Å². The van der Waals surface area contributed by atoms with Crippen molar-refractivity contribution in [2.45, 2.75) is 13.8 Å². The Balaban J connectivity index is 2.27. The van der Waals surface area contributed by atoms with Crippen LogP contribution >= 0.6 is 0 Å². The van der Waals surface area contributed by atoms with Gasteiger partial charge in [-0.3, -0.25) is 0 Å². The van der Waals surface area contributed by atoms with E-state index in [-0.39, 0.29) is 0 Å². The number of nitrogens with zero attached hydrogens (tertiary/aromatic N) is 5. The summed E-state index contributed by atoms with van der Waals surface area (Å²) in [6.07, 6.45) is 7.45. The predicted octanol–water partition coefficient (Wildman–Crippen LogP) is 1.53. The molecule has 16 heavy (non-hydrogen) atoms. The summed E-state index contributed by atoms with van der Waals surface area (Å²) < 4.78 is 3.55. The third kappa shape index (κ3) is 1.29. The summed E-state index contributed by atoms with van der Waals surface area (Å²) in [6, 6.07) is 1.93. The zero-order valence-corrected chi connectivity index (χ0v) is 9.12. The molecule has 3 aromatic rings. The van der Waals surface area contributed by atoms with Crippen LogP contribution in [0.4, 0.5) is 0 Å². The van der Waals surface area contributed by atoms with Crippen molar-refractivity contribution < 1.29 is 0 Å². The normalized spacial score (nSPS) is 11.1. The highest BCUT2D eigenvalue weighted by molar-refractivity contribution is 5.57. The maximum absolute atomic E-state index is 4.46. The lowest BCUT2D eigenvalue weighted by Crippen LogP contribution is -1.96. The second-order valence-electron chi connectivity index (χ2n) is 3.83. The van der Waals surface area contributed by atoms with Crippen LogP contribution in [0.1, 0.15) is 11.3 Å². The van der Waals surface area contributed by atoms with Gasteiger partial charge in [0.25, 0.3) is 0 Å². The van der Waals surface area contributed by atoms with Gasteiger partial charge < -0.3 is 0 Å². The van der Waals surface area contributed by atoms with Crippen LogP contribution in [0.25, 0.3) is 11.3 Å². The van der Waals surface area contributed by atoms with Crippen molar-refractivity contribution in [3.63, 3.8) is 0 Å². The van der Waals surface area contributed by atoms with Crippen LogP contribution in [0, 0.1) is 13.8 Å². The van der Waals surface area contributed by atoms with Crippen molar-refractivity contribution in [3.05, 3.63) is 42.1 Å². The monoisotopic (exact) mass is 213 g/mol. The summed E-state index contributed by atoms with van der Waals surface area (Å²) in [7, 11) is 0. The molecule has 0 aliphatic rings. The van der Waals surface area contributed by atoms with E-state index in [0.29, 0.717) is 0 Å². The van der Waals surface area contributed by atoms with Gasteiger partial charge in [-0.25, -0.2) is 14.2 Å². The fourth-order valence-electron chi connectivity index (χ4n) is 1.65. The molecular weight excluding hydrogens is 202 g/mol. The highest BCUT2D eigenvalue weighted by atomic mass is 15.3. The molecule has 0 aliphatic carbocycles. The first-order chi connectivity index (χ1) is 7.74. The van der Waals surface area contributed by atoms with Crippen molar-refractivity contribution in [3.8, 4) is 5.69 Å². The lowest BCUT2D eigenvalue weighted by molar-refractivity contribution is 0.882. The van der Waals surface area contributed by atoms with Crippen LogP contribution in [0.5, 0.6) is 0 Å². The Hall–Kier alpha value is -2.17. The minimum atomic E-state index is 0.822. The first-order valence-corrected chi connectivity index (χ1v) is 5.07. The zero-order chi connectivity index (χ0) is 11.1. The Kier molecular flexibility index (Phi) is 1.80. The molecule has 5 nitrogen and oxygen atoms in total. The molecule has 0 amide bonds. The van der Waals surface area contributed by atoms with Crippen LogP contribution in [-0.4, -0.2) is 24.4 Å². The second kappa shape index (κ2) is 3.16. The van der Waals surface area contributed by atoms with Crippen molar-refractivity contribution >= 4 is 5.65 Å². The number of aryl methyl sites for hydroxylation is 2. The molecule has 3 rings (SSSR count). The molecule has 0 fully saturated rings. The van der Waals surface area contributed by atoms with Crippen LogP contribution in [0.3, 0.4) is 0 Å². The van der Waals surface area contributed by atoms with Gasteiger partial charge in [0.2, 0.25) is 0 Å². The molecular formula is C11H11N5. The van der Waals surface area contributed by atoms with Gasteiger partial charge in [0, 0.05) is 18.1 Å². The van der Waals surface area contributed by atoms with Gasteiger partial charge >= 0.3 is 0 Å². The SMILES string of the molecule is Cc1cnn(-c2cnn3ccc(C)nc23)c1. The molecule has 0 saturated heterocycles. The highest BCUT2D eigenvalue weighted by Gasteiger charge is 2.08. The van der Waals surface area contributed by atoms with Gasteiger partial charge in [-0.2, -0.15) is 10.2 Å². The Morgan fingerprint density at radius 1 is 1.12 bits per heavy atom. The van der Waals surface area contributed by atoms with E-state index in [1.165, 1.54) is 0 Å². The lowest BCUT2D eigenvalue weighted by Gasteiger charge is -1.98. The summed E-state index contributed by atoms with van der Waals surface area (Å²) in [6.45, 7) is 3.97. The van der Waals surface area contributed by atoms with Gasteiger partial charge in [-0.15, -0.1) is 0 Å². The number of rotatable bonds is 1. The van der Waals surface area contributed by atoms with Gasteiger partial charge in [-0.1, -0.05) is 0 Å². The standard InChI is InChI=1S/C11H11N5/c1-8-5-12-16(7-8)10-6-13-15-4-3-9(2)14-11(10)15/h3-7H,1-2H3. The zero-order valence-electron chi connectivity index (χ0n) is 9.12. The van der Waals surface area contributed by atoms with Gasteiger partial charge in [-0.05, 0) is 25.5 Å². The summed E-state index contributed by atoms with van der Waals surface area (Å²) in [5.41, 5.74) is 3.81. The number of hydrogen-bond acceptors (Lipinski definition) is 3. The van der Waals surface area contributed by atoms with Crippen LogP contribution in [0.15, 0.2) is 30.9 Å². The first kappa shape index (κ1) is 9.08. The third-order valence-corrected chi connectivity index (χ3v) is 2.45. The molecule has 3 aromatic heterocycles. The topological polar surface area (TPSA) is 48.0 Å². The maximum atomic E-state index is 4.46. The molecule has 0 N–H and O–H groups in total. The number of hydrogen-bond donors (Lipinski definition) is 0. The van der Waals surface area contributed by atoms with E-state index in [9.17, 15) is 0 Å². The quantitative estimate of drug-likeness (QED) is 0.616. The van der Waals surface area contributed by atoms with Crippen LogP contribution in [-0.2, 0) is 0 Å². The molecule has 0 bridgehead atoms. The Morgan fingerprint density at radius 3 is 2.75 bits per heavy atom. The average molecular weight is 213 g/mol. The van der Waals surface area contributed by atoms with Gasteiger partial charge in [0.15, 0.2) is 5.65 Å². The smallest absolute Gasteiger partial charge is 0.181 e. The average Bonchev–Trinajstić information content (AvgIpc) is 2.83. The molecule has 80 valence electrons. The largest absolute Gasteiger partial charge is 0.235 e. The highest BCUT2D eigenvalue weighted by Crippen LogP contribution is 2.13. The van der Waals surface area contributed by atoms with E-state index in [1.807, 2.05) is 38.5 Å². The molecule has 0 atom stereocenters. The van der Waals surface area contributed by atoms with Gasteiger partial charge in [0.05, 0.1) is 12.4 Å². The predicted molar refractivity (Wildman–Crippen MR) is 59.6 cm³/mol. The van der Waals surface area contributed by atoms with Crippen LogP contribution in [0.2, 0.25) is 0 Å². The van der Waals surface area contributed by atoms with E-state index in [1.54, 1.807) is 15.4 Å². The Labute approximate surface area is 92.4 Å². The maximum Gasteiger partial charge on any atom is 0.181 e. The molecule has 0 unspecified atom stereocenters. The van der Waals surface area contributed by atoms with Crippen molar-refractivity contribution in [2.24, 2.45) is 0 Å². The molecule has 0 radical (unpaired) electrons. The molecule has 3 heterocycles. The molecule has 0 saturated carbocycles. The second-order valence-corrected chi connectivity index (χ2v) is 3.83. The lowest BCUT2D eigenvalue weighted by atomic mass is 10.4. The van der Waals surface area contributed by atoms with E-state index in [4.69, 9.17) is 0 Å². The van der Waals surface area contributed by atoms with E-state index in [0.717, 1.165) is 22.6 Å². The van der Waals surface area contributed by atoms with Crippen LogP contribution < -0.4 is 0 Å². The van der Waals surface area contributed by atoms with E-state index in [2.05, 4.69) is 15.2 Å². The fraction of sp³-hybridized carbons (Fsp3) is 0.182. The van der Waals surface area contributed by atoms with E-state index < -0.39 is 0 Å². The number of fused-ring (bicyclic) bond motifs is 1. The third-order valence-electron chi connectivity index (χ3n) is 2.45. The Bertz CT molecular complexity index is 649. The molecule has 0 spiro atoms. The van der Waals surface area contributed by atoms with Crippen molar-refractivity contribution in [1.29, 1.82) is 0 Å². The summed E-state index contributed by atoms with van der Waals surface area (Å²) >= 11 is 0. The summed E-state index contributed by atoms with van der Waals surface area (Å²) in [5, 5.41) is 8.50. The molecule has 0 aliphatic heterocycles. The fourth-order valence-corrected chi connectivity index (χ4v) is 1.65. The summed E-state index contributed by atoms with van der Waals surface area (Å²) in [4.78, 5) is 4.46. The minimum absolute atomic E-state index is 0.822. The van der Waals surface area contributed by atoms with E-state index >= 15 is 0 Å². The summed E-state index contributed by atoms with van der Waals surface area (Å²) in [5.74, 6) is 0. The number of aromatic nitrogens is 5. The molecule has 5 heteroatoms.